The fourth-order valence-corrected chi connectivity index (χ4v) is 2.50. The van der Waals surface area contributed by atoms with E-state index in [1.807, 2.05) is 0 Å². The highest BCUT2D eigenvalue weighted by Crippen LogP contribution is 2.22. The molecule has 0 amide bonds. The van der Waals surface area contributed by atoms with Gasteiger partial charge < -0.3 is 15.4 Å². The topological polar surface area (TPSA) is 55.6 Å². The van der Waals surface area contributed by atoms with Crippen LogP contribution in [0.1, 0.15) is 40.5 Å². The van der Waals surface area contributed by atoms with E-state index in [9.17, 15) is 4.79 Å². The van der Waals surface area contributed by atoms with Gasteiger partial charge in [-0.05, 0) is 45.1 Å². The minimum absolute atomic E-state index is 0.284. The molecule has 3 atom stereocenters. The van der Waals surface area contributed by atoms with Gasteiger partial charge in [0.2, 0.25) is 0 Å². The number of ether oxygens (including phenoxy) is 1. The van der Waals surface area contributed by atoms with E-state index in [0.717, 1.165) is 24.8 Å². The van der Waals surface area contributed by atoms with Gasteiger partial charge in [-0.1, -0.05) is 13.8 Å². The summed E-state index contributed by atoms with van der Waals surface area (Å²) in [7, 11) is 0. The second-order valence-corrected chi connectivity index (χ2v) is 5.96. The summed E-state index contributed by atoms with van der Waals surface area (Å²) in [6, 6.07) is 0. The Labute approximate surface area is 111 Å². The summed E-state index contributed by atoms with van der Waals surface area (Å²) in [6.07, 6.45) is 1.64. The Morgan fingerprint density at radius 3 is 2.44 bits per heavy atom. The third-order valence-corrected chi connectivity index (χ3v) is 3.98. The lowest BCUT2D eigenvalue weighted by Gasteiger charge is -2.23. The number of nitrogens with zero attached hydrogens (tertiary/aromatic N) is 1. The maximum Gasteiger partial charge on any atom is 0.325 e. The van der Waals surface area contributed by atoms with Gasteiger partial charge in [-0.3, -0.25) is 4.79 Å². The molecule has 0 aromatic rings. The SMILES string of the molecule is CCOC(=O)C(C)(N)CCCN1CC(C)C(C)C1. The maximum atomic E-state index is 11.6. The van der Waals surface area contributed by atoms with Gasteiger partial charge in [0.05, 0.1) is 6.61 Å². The van der Waals surface area contributed by atoms with Crippen molar-refractivity contribution in [3.8, 4) is 0 Å². The highest BCUT2D eigenvalue weighted by Gasteiger charge is 2.30. The molecule has 3 unspecified atom stereocenters. The van der Waals surface area contributed by atoms with Crippen LogP contribution in [-0.4, -0.2) is 42.6 Å². The molecule has 106 valence electrons. The molecule has 1 rings (SSSR count). The molecule has 2 N–H and O–H groups in total. The first kappa shape index (κ1) is 15.4. The number of hydrogen-bond acceptors (Lipinski definition) is 4. The first-order chi connectivity index (χ1) is 8.36. The first-order valence-corrected chi connectivity index (χ1v) is 7.05. The second kappa shape index (κ2) is 6.53. The van der Waals surface area contributed by atoms with Crippen molar-refractivity contribution in [2.24, 2.45) is 17.6 Å². The van der Waals surface area contributed by atoms with Gasteiger partial charge in [-0.15, -0.1) is 0 Å². The summed E-state index contributed by atoms with van der Waals surface area (Å²) >= 11 is 0. The second-order valence-electron chi connectivity index (χ2n) is 5.96. The van der Waals surface area contributed by atoms with Gasteiger partial charge >= 0.3 is 5.97 Å². The number of esters is 1. The normalized spacial score (nSPS) is 28.1. The number of hydrogen-bond donors (Lipinski definition) is 1. The molecule has 1 aliphatic heterocycles. The van der Waals surface area contributed by atoms with Crippen LogP contribution in [0.25, 0.3) is 0 Å². The highest BCUT2D eigenvalue weighted by atomic mass is 16.5. The standard InChI is InChI=1S/C14H28N2O2/c1-5-18-13(17)14(4,15)7-6-8-16-9-11(2)12(3)10-16/h11-12H,5-10,15H2,1-4H3. The lowest BCUT2D eigenvalue weighted by Crippen LogP contribution is -2.46. The van der Waals surface area contributed by atoms with Gasteiger partial charge in [0, 0.05) is 13.1 Å². The lowest BCUT2D eigenvalue weighted by atomic mass is 9.97. The van der Waals surface area contributed by atoms with Crippen LogP contribution in [0.2, 0.25) is 0 Å². The lowest BCUT2D eigenvalue weighted by molar-refractivity contribution is -0.149. The van der Waals surface area contributed by atoms with Crippen LogP contribution >= 0.6 is 0 Å². The maximum absolute atomic E-state index is 11.6. The van der Waals surface area contributed by atoms with E-state index in [1.165, 1.54) is 13.1 Å². The van der Waals surface area contributed by atoms with Crippen molar-refractivity contribution in [2.75, 3.05) is 26.2 Å². The Bertz CT molecular complexity index is 269. The summed E-state index contributed by atoms with van der Waals surface area (Å²) in [5, 5.41) is 0. The van der Waals surface area contributed by atoms with E-state index < -0.39 is 5.54 Å². The van der Waals surface area contributed by atoms with Crippen LogP contribution < -0.4 is 5.73 Å². The summed E-state index contributed by atoms with van der Waals surface area (Å²) in [5.41, 5.74) is 5.15. The number of nitrogens with two attached hydrogens (primary N) is 1. The third kappa shape index (κ3) is 4.25. The summed E-state index contributed by atoms with van der Waals surface area (Å²) in [5.74, 6) is 1.27. The summed E-state index contributed by atoms with van der Waals surface area (Å²) < 4.78 is 4.99. The smallest absolute Gasteiger partial charge is 0.325 e. The zero-order chi connectivity index (χ0) is 13.8. The van der Waals surface area contributed by atoms with Crippen molar-refractivity contribution >= 4 is 5.97 Å². The molecule has 1 fully saturated rings. The summed E-state index contributed by atoms with van der Waals surface area (Å²) in [6.45, 7) is 11.9. The van der Waals surface area contributed by atoms with E-state index in [-0.39, 0.29) is 5.97 Å². The Hall–Kier alpha value is -0.610. The first-order valence-electron chi connectivity index (χ1n) is 7.05. The average Bonchev–Trinajstić information content (AvgIpc) is 2.58. The quantitative estimate of drug-likeness (QED) is 0.734. The zero-order valence-electron chi connectivity index (χ0n) is 12.2. The van der Waals surface area contributed by atoms with Crippen molar-refractivity contribution in [3.05, 3.63) is 0 Å². The van der Waals surface area contributed by atoms with E-state index in [2.05, 4.69) is 18.7 Å². The highest BCUT2D eigenvalue weighted by molar-refractivity contribution is 5.79. The largest absolute Gasteiger partial charge is 0.465 e. The molecule has 4 heteroatoms. The Balaban J connectivity index is 2.27. The molecule has 0 aromatic carbocycles. The van der Waals surface area contributed by atoms with Gasteiger partial charge in [0.25, 0.3) is 0 Å². The van der Waals surface area contributed by atoms with Gasteiger partial charge in [-0.25, -0.2) is 0 Å². The van der Waals surface area contributed by atoms with Crippen LogP contribution in [0.15, 0.2) is 0 Å². The molecule has 0 aliphatic carbocycles. The number of likely N-dealkylation sites (tertiary alicyclic amines) is 1. The van der Waals surface area contributed by atoms with Crippen molar-refractivity contribution in [3.63, 3.8) is 0 Å². The number of rotatable bonds is 6. The van der Waals surface area contributed by atoms with E-state index in [4.69, 9.17) is 10.5 Å². The molecule has 0 bridgehead atoms. The zero-order valence-corrected chi connectivity index (χ0v) is 12.2. The fraction of sp³-hybridized carbons (Fsp3) is 0.929. The molecule has 0 radical (unpaired) electrons. The molecule has 1 heterocycles. The van der Waals surface area contributed by atoms with Crippen LogP contribution in [0, 0.1) is 11.8 Å². The van der Waals surface area contributed by atoms with E-state index >= 15 is 0 Å². The van der Waals surface area contributed by atoms with Crippen molar-refractivity contribution in [2.45, 2.75) is 46.1 Å². The molecule has 0 spiro atoms. The van der Waals surface area contributed by atoms with Crippen LogP contribution in [0.5, 0.6) is 0 Å². The van der Waals surface area contributed by atoms with Crippen LogP contribution in [0.3, 0.4) is 0 Å². The van der Waals surface area contributed by atoms with E-state index in [0.29, 0.717) is 13.0 Å². The van der Waals surface area contributed by atoms with Crippen LogP contribution in [0.4, 0.5) is 0 Å². The molecule has 0 aromatic heterocycles. The Morgan fingerprint density at radius 2 is 1.94 bits per heavy atom. The molecule has 1 saturated heterocycles. The minimum atomic E-state index is -0.840. The van der Waals surface area contributed by atoms with Gasteiger partial charge in [0.15, 0.2) is 0 Å². The monoisotopic (exact) mass is 256 g/mol. The minimum Gasteiger partial charge on any atom is -0.465 e. The molecular weight excluding hydrogens is 228 g/mol. The molecule has 18 heavy (non-hydrogen) atoms. The van der Waals surface area contributed by atoms with Crippen molar-refractivity contribution in [1.29, 1.82) is 0 Å². The van der Waals surface area contributed by atoms with E-state index in [1.54, 1.807) is 13.8 Å². The van der Waals surface area contributed by atoms with Gasteiger partial charge in [0.1, 0.15) is 5.54 Å². The molecule has 1 aliphatic rings. The van der Waals surface area contributed by atoms with Crippen molar-refractivity contribution in [1.82, 2.24) is 4.90 Å². The fourth-order valence-electron chi connectivity index (χ4n) is 2.50. The average molecular weight is 256 g/mol. The number of carbonyl (C=O) groups is 1. The molecule has 0 saturated carbocycles. The van der Waals surface area contributed by atoms with Gasteiger partial charge in [-0.2, -0.15) is 0 Å². The predicted molar refractivity (Wildman–Crippen MR) is 73.2 cm³/mol. The summed E-state index contributed by atoms with van der Waals surface area (Å²) in [4.78, 5) is 14.1. The third-order valence-electron chi connectivity index (χ3n) is 3.98. The molecule has 4 nitrogen and oxygen atoms in total. The van der Waals surface area contributed by atoms with Crippen LogP contribution in [-0.2, 0) is 9.53 Å². The Kier molecular flexibility index (Phi) is 5.60. The number of carbonyl (C=O) groups excluding carboxylic acids is 1. The van der Waals surface area contributed by atoms with Crippen molar-refractivity contribution < 1.29 is 9.53 Å². The molecular formula is C14H28N2O2. The predicted octanol–water partition coefficient (Wildman–Crippen LogP) is 1.63. The Morgan fingerprint density at radius 1 is 1.39 bits per heavy atom.